The molecule has 0 bridgehead atoms. The maximum atomic E-state index is 6.48. The molecule has 0 amide bonds. The van der Waals surface area contributed by atoms with Crippen molar-refractivity contribution in [1.29, 1.82) is 0 Å². The van der Waals surface area contributed by atoms with Crippen molar-refractivity contribution in [2.45, 2.75) is 43.9 Å². The van der Waals surface area contributed by atoms with E-state index in [1.54, 1.807) is 7.11 Å². The third-order valence-corrected chi connectivity index (χ3v) is 6.79. The minimum absolute atomic E-state index is 0.189. The SMILES string of the molecule is CO[C@]1(COCc2ccccc2)O[C@H](CI)[C@@H](OCc2ccccc2)[C@@H]1OCc1ccccc1. The fourth-order valence-electron chi connectivity index (χ4n) is 4.12. The summed E-state index contributed by atoms with van der Waals surface area (Å²) in [6, 6.07) is 30.3. The second kappa shape index (κ2) is 12.8. The Labute approximate surface area is 215 Å². The van der Waals surface area contributed by atoms with Crippen LogP contribution in [0.3, 0.4) is 0 Å². The standard InChI is InChI=1S/C28H31IO5/c1-30-28(21-31-18-22-11-5-2-6-12-22)27(33-20-24-15-9-4-10-16-24)26(25(17-29)34-28)32-19-23-13-7-3-8-14-23/h2-16,25-27H,17-21H2,1H3/t25-,26-,27+,28-/m1/s1. The predicted octanol–water partition coefficient (Wildman–Crippen LogP) is 5.55. The van der Waals surface area contributed by atoms with Crippen LogP contribution in [0, 0.1) is 0 Å². The van der Waals surface area contributed by atoms with Gasteiger partial charge in [-0.2, -0.15) is 0 Å². The van der Waals surface area contributed by atoms with Crippen molar-refractivity contribution < 1.29 is 23.7 Å². The van der Waals surface area contributed by atoms with Crippen LogP contribution in [0.2, 0.25) is 0 Å². The Hall–Kier alpha value is -1.81. The third-order valence-electron chi connectivity index (χ3n) is 5.92. The number of ether oxygens (including phenoxy) is 5. The Morgan fingerprint density at radius 3 is 1.74 bits per heavy atom. The molecule has 3 aromatic rings. The first kappa shape index (κ1) is 25.3. The van der Waals surface area contributed by atoms with Gasteiger partial charge in [-0.3, -0.25) is 0 Å². The van der Waals surface area contributed by atoms with Gasteiger partial charge in [0.1, 0.15) is 18.8 Å². The van der Waals surface area contributed by atoms with Crippen LogP contribution in [0.5, 0.6) is 0 Å². The molecule has 0 aromatic heterocycles. The van der Waals surface area contributed by atoms with Gasteiger partial charge < -0.3 is 23.7 Å². The zero-order chi connectivity index (χ0) is 23.6. The molecule has 0 saturated carbocycles. The molecule has 6 heteroatoms. The topological polar surface area (TPSA) is 46.2 Å². The van der Waals surface area contributed by atoms with Gasteiger partial charge in [0.15, 0.2) is 0 Å². The summed E-state index contributed by atoms with van der Waals surface area (Å²) in [6.45, 7) is 1.59. The maximum Gasteiger partial charge on any atom is 0.221 e. The fraction of sp³-hybridized carbons (Fsp3) is 0.357. The summed E-state index contributed by atoms with van der Waals surface area (Å²) >= 11 is 2.33. The van der Waals surface area contributed by atoms with E-state index in [2.05, 4.69) is 34.7 Å². The van der Waals surface area contributed by atoms with Crippen LogP contribution < -0.4 is 0 Å². The van der Waals surface area contributed by atoms with Crippen molar-refractivity contribution in [1.82, 2.24) is 0 Å². The van der Waals surface area contributed by atoms with Gasteiger partial charge in [-0.15, -0.1) is 0 Å². The van der Waals surface area contributed by atoms with Gasteiger partial charge in [0, 0.05) is 11.5 Å². The van der Waals surface area contributed by atoms with Crippen LogP contribution in [0.1, 0.15) is 16.7 Å². The van der Waals surface area contributed by atoms with Crippen LogP contribution >= 0.6 is 22.6 Å². The van der Waals surface area contributed by atoms with Crippen molar-refractivity contribution in [3.05, 3.63) is 108 Å². The average Bonchev–Trinajstić information content (AvgIpc) is 3.20. The lowest BCUT2D eigenvalue weighted by atomic mass is 10.0. The molecule has 1 heterocycles. The molecular formula is C28H31IO5. The number of rotatable bonds is 12. The van der Waals surface area contributed by atoms with Gasteiger partial charge in [0.05, 0.1) is 25.9 Å². The van der Waals surface area contributed by atoms with E-state index in [4.69, 9.17) is 23.7 Å². The van der Waals surface area contributed by atoms with Crippen molar-refractivity contribution in [3.8, 4) is 0 Å². The molecule has 0 unspecified atom stereocenters. The van der Waals surface area contributed by atoms with E-state index in [9.17, 15) is 0 Å². The van der Waals surface area contributed by atoms with E-state index in [-0.39, 0.29) is 18.8 Å². The number of halogens is 1. The molecule has 4 rings (SSSR count). The van der Waals surface area contributed by atoms with Gasteiger partial charge in [0.2, 0.25) is 5.79 Å². The van der Waals surface area contributed by atoms with E-state index in [0.717, 1.165) is 21.1 Å². The lowest BCUT2D eigenvalue weighted by molar-refractivity contribution is -0.277. The van der Waals surface area contributed by atoms with E-state index >= 15 is 0 Å². The van der Waals surface area contributed by atoms with Crippen LogP contribution in [-0.2, 0) is 43.5 Å². The highest BCUT2D eigenvalue weighted by Gasteiger charge is 2.57. The Bertz CT molecular complexity index is 972. The summed E-state index contributed by atoms with van der Waals surface area (Å²) in [4.78, 5) is 0. The van der Waals surface area contributed by atoms with Crippen LogP contribution in [0.25, 0.3) is 0 Å². The Kier molecular flexibility index (Phi) is 9.49. The lowest BCUT2D eigenvalue weighted by Gasteiger charge is -2.33. The van der Waals surface area contributed by atoms with E-state index in [1.807, 2.05) is 78.9 Å². The fourth-order valence-corrected chi connectivity index (χ4v) is 4.80. The molecule has 180 valence electrons. The number of hydrogen-bond acceptors (Lipinski definition) is 5. The summed E-state index contributed by atoms with van der Waals surface area (Å²) < 4.78 is 32.2. The number of benzene rings is 3. The summed E-state index contributed by atoms with van der Waals surface area (Å²) in [6.07, 6.45) is -0.955. The average molecular weight is 574 g/mol. The molecule has 5 nitrogen and oxygen atoms in total. The molecule has 1 aliphatic rings. The highest BCUT2D eigenvalue weighted by Crippen LogP contribution is 2.38. The van der Waals surface area contributed by atoms with Gasteiger partial charge in [0.25, 0.3) is 0 Å². The first-order chi connectivity index (χ1) is 16.7. The van der Waals surface area contributed by atoms with Crippen LogP contribution in [0.15, 0.2) is 91.0 Å². The molecule has 0 spiro atoms. The summed E-state index contributed by atoms with van der Waals surface area (Å²) in [7, 11) is 1.65. The molecular weight excluding hydrogens is 543 g/mol. The normalized spacial score (nSPS) is 24.4. The van der Waals surface area contributed by atoms with Crippen molar-refractivity contribution in [3.63, 3.8) is 0 Å². The molecule has 1 fully saturated rings. The van der Waals surface area contributed by atoms with Crippen LogP contribution in [0.4, 0.5) is 0 Å². The Morgan fingerprint density at radius 2 is 1.24 bits per heavy atom. The quantitative estimate of drug-likeness (QED) is 0.210. The van der Waals surface area contributed by atoms with E-state index in [0.29, 0.717) is 19.8 Å². The zero-order valence-electron chi connectivity index (χ0n) is 19.3. The second-order valence-corrected chi connectivity index (χ2v) is 9.16. The molecule has 34 heavy (non-hydrogen) atoms. The van der Waals surface area contributed by atoms with Gasteiger partial charge in [-0.25, -0.2) is 0 Å². The number of methoxy groups -OCH3 is 1. The molecule has 0 aliphatic carbocycles. The molecule has 0 radical (unpaired) electrons. The molecule has 1 aliphatic heterocycles. The Balaban J connectivity index is 1.52. The van der Waals surface area contributed by atoms with Crippen LogP contribution in [-0.4, -0.2) is 42.2 Å². The Morgan fingerprint density at radius 1 is 0.735 bits per heavy atom. The summed E-state index contributed by atoms with van der Waals surface area (Å²) in [5.74, 6) is -1.07. The maximum absolute atomic E-state index is 6.48. The predicted molar refractivity (Wildman–Crippen MR) is 140 cm³/mol. The molecule has 4 atom stereocenters. The van der Waals surface area contributed by atoms with Crippen molar-refractivity contribution in [2.75, 3.05) is 18.1 Å². The third kappa shape index (κ3) is 6.44. The lowest BCUT2D eigenvalue weighted by Crippen LogP contribution is -2.50. The first-order valence-corrected chi connectivity index (χ1v) is 13.0. The molecule has 0 N–H and O–H groups in total. The summed E-state index contributed by atoms with van der Waals surface area (Å²) in [5.41, 5.74) is 3.28. The second-order valence-electron chi connectivity index (χ2n) is 8.28. The largest absolute Gasteiger partial charge is 0.371 e. The molecule has 1 saturated heterocycles. The van der Waals surface area contributed by atoms with E-state index in [1.165, 1.54) is 0 Å². The number of hydrogen-bond donors (Lipinski definition) is 0. The van der Waals surface area contributed by atoms with Gasteiger partial charge >= 0.3 is 0 Å². The molecule has 3 aromatic carbocycles. The zero-order valence-corrected chi connectivity index (χ0v) is 21.5. The highest BCUT2D eigenvalue weighted by molar-refractivity contribution is 14.1. The van der Waals surface area contributed by atoms with Gasteiger partial charge in [-0.05, 0) is 16.7 Å². The van der Waals surface area contributed by atoms with E-state index < -0.39 is 11.9 Å². The minimum Gasteiger partial charge on any atom is -0.371 e. The summed E-state index contributed by atoms with van der Waals surface area (Å²) in [5, 5.41) is 0. The van der Waals surface area contributed by atoms with Crippen molar-refractivity contribution >= 4 is 22.6 Å². The smallest absolute Gasteiger partial charge is 0.221 e. The van der Waals surface area contributed by atoms with Crippen molar-refractivity contribution in [2.24, 2.45) is 0 Å². The minimum atomic E-state index is -1.07. The van der Waals surface area contributed by atoms with Gasteiger partial charge in [-0.1, -0.05) is 114 Å². The highest BCUT2D eigenvalue weighted by atomic mass is 127. The first-order valence-electron chi connectivity index (χ1n) is 11.5. The monoisotopic (exact) mass is 574 g/mol. The number of alkyl halides is 1.